The van der Waals surface area contributed by atoms with E-state index in [4.69, 9.17) is 6.42 Å². The Morgan fingerprint density at radius 2 is 2.12 bits per heavy atom. The van der Waals surface area contributed by atoms with Crippen molar-refractivity contribution >= 4 is 22.6 Å². The van der Waals surface area contributed by atoms with Crippen molar-refractivity contribution in [1.29, 1.82) is 0 Å². The highest BCUT2D eigenvalue weighted by atomic mass is 32.2. The number of aliphatic imine (C=N–C) groups is 1. The molecule has 0 spiro atoms. The molecule has 1 aliphatic heterocycles. The van der Waals surface area contributed by atoms with E-state index in [0.29, 0.717) is 5.75 Å². The molecular weight excluding hydrogens is 230 g/mol. The number of hydrogen-bond acceptors (Lipinski definition) is 4. The van der Waals surface area contributed by atoms with Gasteiger partial charge in [0, 0.05) is 0 Å². The first-order valence-electron chi connectivity index (χ1n) is 5.41. The quantitative estimate of drug-likeness (QED) is 0.811. The number of benzene rings is 1. The largest absolute Gasteiger partial charge is 0.252 e. The molecule has 1 N–H and O–H groups in total. The van der Waals surface area contributed by atoms with E-state index in [1.54, 1.807) is 11.8 Å². The molecular formula is C13H15N3S. The van der Waals surface area contributed by atoms with Gasteiger partial charge in [0.15, 0.2) is 5.17 Å². The van der Waals surface area contributed by atoms with E-state index in [0.717, 1.165) is 10.9 Å². The number of nitrogens with zero attached hydrogens (tertiary/aromatic N) is 2. The van der Waals surface area contributed by atoms with Crippen LogP contribution in [0.1, 0.15) is 13.8 Å². The normalized spacial score (nSPS) is 17.7. The Bertz CT molecular complexity index is 459. The minimum absolute atomic E-state index is 0.285. The lowest BCUT2D eigenvalue weighted by molar-refractivity contribution is 0.448. The fraction of sp³-hybridized carbons (Fsp3) is 0.308. The van der Waals surface area contributed by atoms with Crippen LogP contribution in [0.2, 0.25) is 0 Å². The summed E-state index contributed by atoms with van der Waals surface area (Å²) in [6, 6.07) is 10.1. The number of hydrogen-bond donors (Lipinski definition) is 1. The van der Waals surface area contributed by atoms with Gasteiger partial charge in [0.25, 0.3) is 0 Å². The van der Waals surface area contributed by atoms with E-state index in [1.165, 1.54) is 0 Å². The molecule has 0 amide bonds. The minimum Gasteiger partial charge on any atom is -0.252 e. The number of rotatable bonds is 2. The first kappa shape index (κ1) is 12.0. The summed E-state index contributed by atoms with van der Waals surface area (Å²) in [4.78, 5) is 4.61. The summed E-state index contributed by atoms with van der Waals surface area (Å²) in [6.45, 7) is 4.07. The van der Waals surface area contributed by atoms with Crippen LogP contribution in [0, 0.1) is 12.3 Å². The summed E-state index contributed by atoms with van der Waals surface area (Å²) in [5, 5.41) is 2.90. The lowest BCUT2D eigenvalue weighted by Crippen LogP contribution is -2.44. The van der Waals surface area contributed by atoms with Crippen LogP contribution in [0.25, 0.3) is 0 Å². The van der Waals surface area contributed by atoms with Gasteiger partial charge in [-0.2, -0.15) is 0 Å². The Morgan fingerprint density at radius 1 is 1.41 bits per heavy atom. The van der Waals surface area contributed by atoms with Crippen LogP contribution in [0.5, 0.6) is 0 Å². The van der Waals surface area contributed by atoms with Gasteiger partial charge in [-0.3, -0.25) is 5.01 Å². The van der Waals surface area contributed by atoms with Gasteiger partial charge in [-0.1, -0.05) is 35.9 Å². The van der Waals surface area contributed by atoms with E-state index >= 15 is 0 Å². The molecule has 4 heteroatoms. The molecule has 1 aromatic carbocycles. The van der Waals surface area contributed by atoms with Crippen molar-refractivity contribution in [3.8, 4) is 12.3 Å². The van der Waals surface area contributed by atoms with Gasteiger partial charge in [0.2, 0.25) is 0 Å². The van der Waals surface area contributed by atoms with Crippen LogP contribution >= 0.6 is 11.8 Å². The van der Waals surface area contributed by atoms with Crippen LogP contribution < -0.4 is 10.4 Å². The molecule has 2 rings (SSSR count). The molecule has 0 aliphatic carbocycles. The summed E-state index contributed by atoms with van der Waals surface area (Å²) in [5.41, 5.74) is 4.13. The summed E-state index contributed by atoms with van der Waals surface area (Å²) in [6.07, 6.45) is 5.29. The topological polar surface area (TPSA) is 27.6 Å². The van der Waals surface area contributed by atoms with Crippen molar-refractivity contribution in [2.75, 3.05) is 10.8 Å². The fourth-order valence-corrected chi connectivity index (χ4v) is 2.38. The Kier molecular flexibility index (Phi) is 3.41. The molecule has 0 bridgehead atoms. The smallest absolute Gasteiger partial charge is 0.181 e. The molecule has 88 valence electrons. The van der Waals surface area contributed by atoms with Gasteiger partial charge < -0.3 is 0 Å². The van der Waals surface area contributed by atoms with E-state index in [2.05, 4.69) is 16.3 Å². The van der Waals surface area contributed by atoms with E-state index in [1.807, 2.05) is 49.2 Å². The zero-order valence-electron chi connectivity index (χ0n) is 9.97. The van der Waals surface area contributed by atoms with Crippen LogP contribution in [0.3, 0.4) is 0 Å². The Morgan fingerprint density at radius 3 is 2.76 bits per heavy atom. The first-order valence-corrected chi connectivity index (χ1v) is 6.40. The van der Waals surface area contributed by atoms with Crippen LogP contribution in [0.15, 0.2) is 35.3 Å². The average molecular weight is 245 g/mol. The predicted molar refractivity (Wildman–Crippen MR) is 74.9 cm³/mol. The Balaban J connectivity index is 2.23. The molecule has 1 aliphatic rings. The number of nitrogens with one attached hydrogen (secondary N) is 1. The van der Waals surface area contributed by atoms with Crippen LogP contribution in [0.4, 0.5) is 5.69 Å². The minimum atomic E-state index is -0.285. The molecule has 0 aromatic heterocycles. The molecule has 1 aromatic rings. The maximum atomic E-state index is 5.29. The number of hydrazine groups is 1. The summed E-state index contributed by atoms with van der Waals surface area (Å²) >= 11 is 1.57. The highest BCUT2D eigenvalue weighted by molar-refractivity contribution is 8.14. The summed E-state index contributed by atoms with van der Waals surface area (Å²) < 4.78 is 0. The fourth-order valence-electron chi connectivity index (χ4n) is 1.59. The van der Waals surface area contributed by atoms with Crippen molar-refractivity contribution in [2.24, 2.45) is 4.99 Å². The molecule has 17 heavy (non-hydrogen) atoms. The molecule has 0 saturated carbocycles. The van der Waals surface area contributed by atoms with Crippen LogP contribution in [-0.2, 0) is 0 Å². The van der Waals surface area contributed by atoms with Crippen LogP contribution in [-0.4, -0.2) is 16.6 Å². The van der Waals surface area contributed by atoms with Crippen molar-refractivity contribution < 1.29 is 0 Å². The number of para-hydroxylation sites is 1. The monoisotopic (exact) mass is 245 g/mol. The molecule has 3 nitrogen and oxygen atoms in total. The summed E-state index contributed by atoms with van der Waals surface area (Å²) in [7, 11) is 0. The van der Waals surface area contributed by atoms with E-state index in [9.17, 15) is 0 Å². The highest BCUT2D eigenvalue weighted by Crippen LogP contribution is 2.26. The number of amidine groups is 1. The van der Waals surface area contributed by atoms with Crippen molar-refractivity contribution in [3.63, 3.8) is 0 Å². The lowest BCUT2D eigenvalue weighted by atomic mass is 10.3. The second-order valence-corrected chi connectivity index (χ2v) is 5.17. The predicted octanol–water partition coefficient (Wildman–Crippen LogP) is 2.47. The van der Waals surface area contributed by atoms with Crippen molar-refractivity contribution in [1.82, 2.24) is 5.43 Å². The maximum Gasteiger partial charge on any atom is 0.181 e. The number of terminal acetylenes is 1. The second kappa shape index (κ2) is 4.82. The maximum absolute atomic E-state index is 5.29. The molecule has 0 atom stereocenters. The third-order valence-corrected chi connectivity index (χ3v) is 3.09. The van der Waals surface area contributed by atoms with Gasteiger partial charge >= 0.3 is 0 Å². The lowest BCUT2D eigenvalue weighted by Gasteiger charge is -2.23. The van der Waals surface area contributed by atoms with Gasteiger partial charge in [-0.05, 0) is 26.0 Å². The second-order valence-electron chi connectivity index (χ2n) is 4.23. The molecule has 1 heterocycles. The molecule has 0 unspecified atom stereocenters. The van der Waals surface area contributed by atoms with E-state index in [-0.39, 0.29) is 5.66 Å². The molecule has 0 radical (unpaired) electrons. The van der Waals surface area contributed by atoms with Gasteiger partial charge in [0.1, 0.15) is 5.66 Å². The van der Waals surface area contributed by atoms with E-state index < -0.39 is 0 Å². The highest BCUT2D eigenvalue weighted by Gasteiger charge is 2.31. The first-order chi connectivity index (χ1) is 8.12. The third-order valence-electron chi connectivity index (χ3n) is 2.25. The van der Waals surface area contributed by atoms with Crippen molar-refractivity contribution in [3.05, 3.63) is 30.3 Å². The number of anilines is 1. The van der Waals surface area contributed by atoms with Gasteiger partial charge in [-0.25, -0.2) is 10.4 Å². The molecule has 0 fully saturated rings. The standard InChI is InChI=1S/C13H15N3S/c1-4-10-17-12-14-13(2,3)15-16(12)11-8-6-5-7-9-11/h1,5-9,15H,10H2,2-3H3. The average Bonchev–Trinajstić information content (AvgIpc) is 2.63. The van der Waals surface area contributed by atoms with Crippen molar-refractivity contribution in [2.45, 2.75) is 19.5 Å². The Labute approximate surface area is 106 Å². The van der Waals surface area contributed by atoms with Gasteiger partial charge in [0.05, 0.1) is 11.4 Å². The zero-order valence-corrected chi connectivity index (χ0v) is 10.8. The van der Waals surface area contributed by atoms with Gasteiger partial charge in [-0.15, -0.1) is 6.42 Å². The SMILES string of the molecule is C#CCSC1=NC(C)(C)NN1c1ccccc1. The zero-order chi connectivity index (χ0) is 12.3. The number of thioether (sulfide) groups is 1. The molecule has 0 saturated heterocycles. The third kappa shape index (κ3) is 2.82. The Hall–Kier alpha value is -1.44. The summed E-state index contributed by atoms with van der Waals surface area (Å²) in [5.74, 6) is 3.25.